The Morgan fingerprint density at radius 2 is 1.80 bits per heavy atom. The van der Waals surface area contributed by atoms with E-state index >= 15 is 0 Å². The predicted molar refractivity (Wildman–Crippen MR) is 94.3 cm³/mol. The van der Waals surface area contributed by atoms with Crippen molar-refractivity contribution in [3.05, 3.63) is 68.7 Å². The fourth-order valence-electron chi connectivity index (χ4n) is 3.18. The van der Waals surface area contributed by atoms with Crippen LogP contribution in [0.4, 0.5) is 0 Å². The van der Waals surface area contributed by atoms with E-state index in [-0.39, 0.29) is 18.5 Å². The molecule has 2 aromatic rings. The average Bonchev–Trinajstić information content (AvgIpc) is 3.14. The smallest absolute Gasteiger partial charge is 0.265 e. The van der Waals surface area contributed by atoms with Gasteiger partial charge in [0.15, 0.2) is 0 Å². The van der Waals surface area contributed by atoms with Crippen LogP contribution in [0.25, 0.3) is 0 Å². The van der Waals surface area contributed by atoms with Crippen LogP contribution in [0.1, 0.15) is 24.4 Å². The van der Waals surface area contributed by atoms with Crippen LogP contribution in [0.15, 0.2) is 52.1 Å². The van der Waals surface area contributed by atoms with Crippen molar-refractivity contribution in [1.29, 1.82) is 0 Å². The van der Waals surface area contributed by atoms with E-state index in [1.807, 2.05) is 18.2 Å². The molecule has 1 fully saturated rings. The largest absolute Gasteiger partial charge is 0.353 e. The zero-order valence-electron chi connectivity index (χ0n) is 14.0. The summed E-state index contributed by atoms with van der Waals surface area (Å²) >= 11 is 0. The van der Waals surface area contributed by atoms with Crippen LogP contribution < -0.4 is 16.4 Å². The molecule has 1 aromatic carbocycles. The third-order valence-corrected chi connectivity index (χ3v) is 4.45. The lowest BCUT2D eigenvalue weighted by Gasteiger charge is -2.28. The highest BCUT2D eigenvalue weighted by molar-refractivity contribution is 5.75. The summed E-state index contributed by atoms with van der Waals surface area (Å²) in [5.41, 5.74) is 0.343. The molecular formula is C18H22N4O3. The molecule has 0 unspecified atom stereocenters. The first-order valence-electron chi connectivity index (χ1n) is 8.49. The topological polar surface area (TPSA) is 87.2 Å². The van der Waals surface area contributed by atoms with Crippen molar-refractivity contribution in [2.75, 3.05) is 19.6 Å². The lowest BCUT2D eigenvalue weighted by Crippen LogP contribution is -2.40. The lowest BCUT2D eigenvalue weighted by molar-refractivity contribution is -0.122. The van der Waals surface area contributed by atoms with Gasteiger partial charge in [0, 0.05) is 18.7 Å². The van der Waals surface area contributed by atoms with Gasteiger partial charge in [-0.05, 0) is 31.5 Å². The molecule has 25 heavy (non-hydrogen) atoms. The maximum Gasteiger partial charge on any atom is 0.265 e. The summed E-state index contributed by atoms with van der Waals surface area (Å²) in [6.45, 7) is 2.30. The number of carbonyl (C=O) groups excluding carboxylic acids is 1. The zero-order chi connectivity index (χ0) is 17.6. The summed E-state index contributed by atoms with van der Waals surface area (Å²) in [7, 11) is 0. The molecule has 1 aromatic heterocycles. The van der Waals surface area contributed by atoms with Gasteiger partial charge in [0.1, 0.15) is 6.54 Å². The minimum atomic E-state index is -0.411. The average molecular weight is 342 g/mol. The Morgan fingerprint density at radius 1 is 1.08 bits per heavy atom. The Labute approximate surface area is 145 Å². The highest BCUT2D eigenvalue weighted by Gasteiger charge is 2.23. The SMILES string of the molecule is O=C(Cn1[nH]c(=O)ccc1=O)NC[C@H](c1ccccc1)N1CCCC1. The Bertz CT molecular complexity index is 822. The number of nitrogens with zero attached hydrogens (tertiary/aromatic N) is 2. The van der Waals surface area contributed by atoms with Gasteiger partial charge in [-0.15, -0.1) is 0 Å². The number of aromatic nitrogens is 2. The second-order valence-corrected chi connectivity index (χ2v) is 6.21. The molecule has 0 saturated carbocycles. The van der Waals surface area contributed by atoms with E-state index in [0.717, 1.165) is 48.3 Å². The van der Waals surface area contributed by atoms with E-state index in [2.05, 4.69) is 27.4 Å². The summed E-state index contributed by atoms with van der Waals surface area (Å²) in [5, 5.41) is 5.25. The highest BCUT2D eigenvalue weighted by Crippen LogP contribution is 2.24. The Kier molecular flexibility index (Phi) is 5.45. The van der Waals surface area contributed by atoms with Gasteiger partial charge in [-0.25, -0.2) is 4.68 Å². The number of hydrogen-bond acceptors (Lipinski definition) is 4. The number of aromatic amines is 1. The zero-order valence-corrected chi connectivity index (χ0v) is 14.0. The molecule has 7 heteroatoms. The third-order valence-electron chi connectivity index (χ3n) is 4.45. The monoisotopic (exact) mass is 342 g/mol. The number of rotatable bonds is 6. The molecular weight excluding hydrogens is 320 g/mol. The number of H-pyrrole nitrogens is 1. The summed E-state index contributed by atoms with van der Waals surface area (Å²) in [4.78, 5) is 37.6. The van der Waals surface area contributed by atoms with Crippen molar-refractivity contribution in [1.82, 2.24) is 20.0 Å². The Balaban J connectivity index is 1.66. The second kappa shape index (κ2) is 7.94. The molecule has 1 aliphatic heterocycles. The molecule has 1 amide bonds. The summed E-state index contributed by atoms with van der Waals surface area (Å²) in [6, 6.07) is 12.5. The number of amides is 1. The van der Waals surface area contributed by atoms with Crippen molar-refractivity contribution in [2.45, 2.75) is 25.4 Å². The fourth-order valence-corrected chi connectivity index (χ4v) is 3.18. The van der Waals surface area contributed by atoms with Crippen LogP contribution in [-0.4, -0.2) is 40.2 Å². The molecule has 3 rings (SSSR count). The van der Waals surface area contributed by atoms with Crippen molar-refractivity contribution >= 4 is 5.91 Å². The normalized spacial score (nSPS) is 15.8. The van der Waals surface area contributed by atoms with E-state index in [4.69, 9.17) is 0 Å². The molecule has 1 saturated heterocycles. The van der Waals surface area contributed by atoms with Crippen LogP contribution in [0.2, 0.25) is 0 Å². The van der Waals surface area contributed by atoms with E-state index in [1.54, 1.807) is 0 Å². The quantitative estimate of drug-likeness (QED) is 0.800. The molecule has 0 bridgehead atoms. The number of benzene rings is 1. The predicted octanol–water partition coefficient (Wildman–Crippen LogP) is 0.490. The van der Waals surface area contributed by atoms with E-state index in [0.29, 0.717) is 6.54 Å². The minimum absolute atomic E-state index is 0.110. The molecule has 0 radical (unpaired) electrons. The number of carbonyl (C=O) groups is 1. The van der Waals surface area contributed by atoms with Crippen molar-refractivity contribution in [3.63, 3.8) is 0 Å². The van der Waals surface area contributed by atoms with Crippen LogP contribution in [-0.2, 0) is 11.3 Å². The van der Waals surface area contributed by atoms with Gasteiger partial charge in [0.05, 0.1) is 6.04 Å². The van der Waals surface area contributed by atoms with Crippen LogP contribution in [0.3, 0.4) is 0 Å². The molecule has 7 nitrogen and oxygen atoms in total. The maximum absolute atomic E-state index is 12.2. The Hall–Kier alpha value is -2.67. The first-order chi connectivity index (χ1) is 12.1. The number of nitrogens with one attached hydrogen (secondary N) is 2. The van der Waals surface area contributed by atoms with Crippen molar-refractivity contribution in [3.8, 4) is 0 Å². The van der Waals surface area contributed by atoms with Gasteiger partial charge < -0.3 is 5.32 Å². The van der Waals surface area contributed by atoms with Gasteiger partial charge in [0.25, 0.3) is 11.1 Å². The van der Waals surface area contributed by atoms with Gasteiger partial charge in [0.2, 0.25) is 5.91 Å². The number of hydrogen-bond donors (Lipinski definition) is 2. The van der Waals surface area contributed by atoms with E-state index in [9.17, 15) is 14.4 Å². The fraction of sp³-hybridized carbons (Fsp3) is 0.389. The van der Waals surface area contributed by atoms with E-state index < -0.39 is 11.1 Å². The minimum Gasteiger partial charge on any atom is -0.353 e. The van der Waals surface area contributed by atoms with Crippen LogP contribution in [0, 0.1) is 0 Å². The van der Waals surface area contributed by atoms with Crippen LogP contribution >= 0.6 is 0 Å². The molecule has 0 spiro atoms. The van der Waals surface area contributed by atoms with Gasteiger partial charge in [-0.2, -0.15) is 0 Å². The van der Waals surface area contributed by atoms with Crippen molar-refractivity contribution < 1.29 is 4.79 Å². The first-order valence-corrected chi connectivity index (χ1v) is 8.49. The van der Waals surface area contributed by atoms with Crippen molar-refractivity contribution in [2.24, 2.45) is 0 Å². The molecule has 1 aliphatic rings. The summed E-state index contributed by atoms with van der Waals surface area (Å²) in [6.07, 6.45) is 2.33. The highest BCUT2D eigenvalue weighted by atomic mass is 16.2. The van der Waals surface area contributed by atoms with Gasteiger partial charge in [-0.1, -0.05) is 30.3 Å². The third kappa shape index (κ3) is 4.45. The standard InChI is InChI=1S/C18H22N4O3/c23-16-8-9-18(25)22(20-16)13-17(24)19-12-15(21-10-4-5-11-21)14-6-2-1-3-7-14/h1-3,6-9,15H,4-5,10-13H2,(H,19,24)(H,20,23)/t15-/m1/s1. The van der Waals surface area contributed by atoms with Gasteiger partial charge >= 0.3 is 0 Å². The molecule has 132 valence electrons. The molecule has 0 aliphatic carbocycles. The summed E-state index contributed by atoms with van der Waals surface area (Å²) in [5.74, 6) is -0.302. The maximum atomic E-state index is 12.2. The molecule has 2 N–H and O–H groups in total. The number of likely N-dealkylation sites (tertiary alicyclic amines) is 1. The Morgan fingerprint density at radius 3 is 2.52 bits per heavy atom. The van der Waals surface area contributed by atoms with Crippen LogP contribution in [0.5, 0.6) is 0 Å². The molecule has 1 atom stereocenters. The van der Waals surface area contributed by atoms with E-state index in [1.165, 1.54) is 0 Å². The second-order valence-electron chi connectivity index (χ2n) is 6.21. The molecule has 2 heterocycles. The van der Waals surface area contributed by atoms with Gasteiger partial charge in [-0.3, -0.25) is 24.4 Å². The summed E-state index contributed by atoms with van der Waals surface area (Å²) < 4.78 is 1.02. The first kappa shape index (κ1) is 17.2. The lowest BCUT2D eigenvalue weighted by atomic mass is 10.1.